The van der Waals surface area contributed by atoms with Crippen LogP contribution in [0, 0.1) is 24.7 Å². The molecule has 0 saturated carbocycles. The van der Waals surface area contributed by atoms with Gasteiger partial charge in [-0.05, 0) is 42.0 Å². The first kappa shape index (κ1) is 36.5. The Morgan fingerprint density at radius 2 is 1.73 bits per heavy atom. The molecule has 0 radical (unpaired) electrons. The highest BCUT2D eigenvalue weighted by molar-refractivity contribution is 5.85. The Labute approximate surface area is 273 Å². The van der Waals surface area contributed by atoms with Crippen molar-refractivity contribution in [3.8, 4) is 5.75 Å². The van der Waals surface area contributed by atoms with Crippen LogP contribution in [0.3, 0.4) is 0 Å². The van der Waals surface area contributed by atoms with E-state index in [1.807, 2.05) is 6.92 Å². The quantitative estimate of drug-likeness (QED) is 0.0852. The van der Waals surface area contributed by atoms with Crippen LogP contribution in [0.25, 0.3) is 21.4 Å². The minimum Gasteiger partial charge on any atom is -0.467 e. The molecule has 0 spiro atoms. The summed E-state index contributed by atoms with van der Waals surface area (Å²) in [6.07, 6.45) is -11.1. The van der Waals surface area contributed by atoms with Gasteiger partial charge in [0.2, 0.25) is 6.29 Å². The first-order valence-electron chi connectivity index (χ1n) is 15.1. The molecule has 0 amide bonds. The van der Waals surface area contributed by atoms with E-state index in [-0.39, 0.29) is 23.8 Å². The molecule has 1 aromatic heterocycles. The minimum absolute atomic E-state index is 0.134. The number of hydrogen-bond acceptors (Lipinski definition) is 13. The zero-order valence-electron chi connectivity index (χ0n) is 27.3. The first-order chi connectivity index (χ1) is 22.7. The number of halogens is 2. The maximum atomic E-state index is 14.5. The van der Waals surface area contributed by atoms with Crippen molar-refractivity contribution in [2.45, 2.75) is 91.0 Å². The molecular formula is C31H37F2N3O12. The third-order valence-corrected chi connectivity index (χ3v) is 8.67. The number of nitrogens with zero attached hydrogens (tertiary/aromatic N) is 3. The maximum absolute atomic E-state index is 14.5. The van der Waals surface area contributed by atoms with Crippen LogP contribution in [0.4, 0.5) is 8.78 Å². The molecule has 4 unspecified atom stereocenters. The summed E-state index contributed by atoms with van der Waals surface area (Å²) in [5.41, 5.74) is 7.70. The average Bonchev–Trinajstić information content (AvgIpc) is 3.01. The number of alkyl halides is 2. The summed E-state index contributed by atoms with van der Waals surface area (Å²) in [6, 6.07) is 2.87. The van der Waals surface area contributed by atoms with Crippen LogP contribution in [0.2, 0.25) is 0 Å². The second-order valence-corrected chi connectivity index (χ2v) is 11.8. The number of esters is 3. The van der Waals surface area contributed by atoms with E-state index in [1.54, 1.807) is 13.8 Å². The topological polar surface area (TPSA) is 195 Å². The van der Waals surface area contributed by atoms with E-state index in [9.17, 15) is 33.5 Å². The van der Waals surface area contributed by atoms with Gasteiger partial charge < -0.3 is 37.6 Å². The molecule has 15 nitrogen and oxygen atoms in total. The molecule has 0 bridgehead atoms. The molecule has 4 rings (SSSR count). The van der Waals surface area contributed by atoms with Gasteiger partial charge in [-0.3, -0.25) is 9.59 Å². The molecule has 2 aromatic rings. The number of carbonyl (C=O) groups is 3. The summed E-state index contributed by atoms with van der Waals surface area (Å²) in [5, 5.41) is 4.10. The van der Waals surface area contributed by atoms with Gasteiger partial charge in [-0.1, -0.05) is 25.9 Å². The number of aryl methyl sites for hydroxylation is 1. The number of hydrogen-bond donors (Lipinski definition) is 0. The highest BCUT2D eigenvalue weighted by atomic mass is 19.3. The highest BCUT2D eigenvalue weighted by Crippen LogP contribution is 2.41. The van der Waals surface area contributed by atoms with Gasteiger partial charge in [-0.15, -0.1) is 0 Å². The van der Waals surface area contributed by atoms with Crippen molar-refractivity contribution in [1.82, 2.24) is 0 Å². The van der Waals surface area contributed by atoms with E-state index in [2.05, 4.69) is 10.0 Å². The lowest BCUT2D eigenvalue weighted by atomic mass is 9.82. The van der Waals surface area contributed by atoms with Crippen molar-refractivity contribution in [3.05, 3.63) is 50.2 Å². The van der Waals surface area contributed by atoms with Gasteiger partial charge in [0.15, 0.2) is 24.1 Å². The number of azide groups is 1. The van der Waals surface area contributed by atoms with E-state index in [0.717, 1.165) is 20.1 Å². The molecule has 2 aliphatic heterocycles. The van der Waals surface area contributed by atoms with Crippen LogP contribution in [0.5, 0.6) is 5.75 Å². The summed E-state index contributed by atoms with van der Waals surface area (Å²) in [5.74, 6) is -4.34. The van der Waals surface area contributed by atoms with Crippen LogP contribution in [-0.2, 0) is 42.8 Å². The van der Waals surface area contributed by atoms with Gasteiger partial charge >= 0.3 is 23.5 Å². The number of rotatable bonds is 10. The average molecular weight is 682 g/mol. The van der Waals surface area contributed by atoms with Crippen LogP contribution in [0.15, 0.2) is 32.5 Å². The number of carbonyl (C=O) groups excluding carboxylic acids is 3. The number of benzene rings is 1. The Morgan fingerprint density at radius 1 is 1.02 bits per heavy atom. The van der Waals surface area contributed by atoms with Crippen LogP contribution in [0.1, 0.15) is 52.2 Å². The SMILES string of the molecule is COC(=O)C1O[C@@H](Oc2ccc3c(C)cc(=O)oc3c2C(F)F)C(OC(C)=O)[C@@H](C)[C@@H]1O[C@H]1OC(COC(C)=O)[C@@H](C)[C@H](C)C1N=[N+]=[N-]. The van der Waals surface area contributed by atoms with Crippen molar-refractivity contribution in [1.29, 1.82) is 0 Å². The van der Waals surface area contributed by atoms with Gasteiger partial charge in [0.05, 0.1) is 19.3 Å². The van der Waals surface area contributed by atoms with E-state index < -0.39 is 95.8 Å². The predicted molar refractivity (Wildman–Crippen MR) is 160 cm³/mol. The Kier molecular flexibility index (Phi) is 11.6. The molecule has 3 heterocycles. The van der Waals surface area contributed by atoms with Crippen molar-refractivity contribution in [2.24, 2.45) is 22.9 Å². The zero-order chi connectivity index (χ0) is 35.4. The molecular weight excluding hydrogens is 644 g/mol. The Bertz CT molecular complexity index is 1630. The van der Waals surface area contributed by atoms with Crippen molar-refractivity contribution >= 4 is 28.9 Å². The van der Waals surface area contributed by atoms with E-state index in [4.69, 9.17) is 37.6 Å². The molecule has 0 aliphatic carbocycles. The fraction of sp³-hybridized carbons (Fsp3) is 0.613. The van der Waals surface area contributed by atoms with Crippen molar-refractivity contribution in [2.75, 3.05) is 13.7 Å². The van der Waals surface area contributed by atoms with Gasteiger partial charge in [-0.25, -0.2) is 18.4 Å². The van der Waals surface area contributed by atoms with Gasteiger partial charge in [0, 0.05) is 36.1 Å². The zero-order valence-corrected chi connectivity index (χ0v) is 27.3. The molecule has 2 saturated heterocycles. The largest absolute Gasteiger partial charge is 0.467 e. The predicted octanol–water partition coefficient (Wildman–Crippen LogP) is 4.51. The highest BCUT2D eigenvalue weighted by Gasteiger charge is 2.53. The molecule has 2 aliphatic rings. The van der Waals surface area contributed by atoms with Crippen LogP contribution in [-0.4, -0.2) is 74.7 Å². The lowest BCUT2D eigenvalue weighted by Gasteiger charge is -2.47. The summed E-state index contributed by atoms with van der Waals surface area (Å²) >= 11 is 0. The van der Waals surface area contributed by atoms with E-state index >= 15 is 0 Å². The summed E-state index contributed by atoms with van der Waals surface area (Å²) in [7, 11) is 1.09. The Morgan fingerprint density at radius 3 is 2.33 bits per heavy atom. The van der Waals surface area contributed by atoms with Crippen LogP contribution >= 0.6 is 0 Å². The smallest absolute Gasteiger partial charge is 0.337 e. The standard InChI is InChI=1S/C31H37F2N3O12/c1-12-10-21(39)46-26-18(12)8-9-19(22(26)28(32)33)44-31-25(43-17(6)38)15(4)24(27(48-31)29(40)41-7)47-30-23(35-36-34)14(3)13(2)20(45-30)11-42-16(5)37/h8-10,13-15,20,23-25,27-28,30-31H,11H2,1-7H3/t13-,14-,15-,20?,23?,24-,25?,27?,30+,31+/m0/s1. The second kappa shape index (κ2) is 15.3. The number of ether oxygens (including phenoxy) is 7. The fourth-order valence-electron chi connectivity index (χ4n) is 5.93. The fourth-order valence-corrected chi connectivity index (χ4v) is 5.93. The number of fused-ring (bicyclic) bond motifs is 1. The summed E-state index contributed by atoms with van der Waals surface area (Å²) < 4.78 is 74.0. The van der Waals surface area contributed by atoms with Crippen molar-refractivity contribution in [3.63, 3.8) is 0 Å². The lowest BCUT2D eigenvalue weighted by molar-refractivity contribution is -0.314. The Balaban J connectivity index is 1.73. The minimum atomic E-state index is -3.18. The molecule has 1 aromatic carbocycles. The normalized spacial score (nSPS) is 30.3. The van der Waals surface area contributed by atoms with Crippen molar-refractivity contribution < 1.29 is 60.7 Å². The van der Waals surface area contributed by atoms with Gasteiger partial charge in [0.1, 0.15) is 24.0 Å². The molecule has 10 atom stereocenters. The van der Waals surface area contributed by atoms with E-state index in [1.165, 1.54) is 26.0 Å². The second-order valence-electron chi connectivity index (χ2n) is 11.8. The molecule has 0 N–H and O–H groups in total. The monoisotopic (exact) mass is 681 g/mol. The van der Waals surface area contributed by atoms with Crippen LogP contribution < -0.4 is 10.4 Å². The first-order valence-corrected chi connectivity index (χ1v) is 15.1. The third kappa shape index (κ3) is 7.70. The molecule has 48 heavy (non-hydrogen) atoms. The lowest BCUT2D eigenvalue weighted by Crippen LogP contribution is -2.62. The molecule has 17 heteroatoms. The van der Waals surface area contributed by atoms with Gasteiger partial charge in [-0.2, -0.15) is 0 Å². The molecule has 262 valence electrons. The Hall–Kier alpha value is -4.31. The third-order valence-electron chi connectivity index (χ3n) is 8.67. The summed E-state index contributed by atoms with van der Waals surface area (Å²) in [4.78, 5) is 51.9. The van der Waals surface area contributed by atoms with Gasteiger partial charge in [0.25, 0.3) is 6.43 Å². The maximum Gasteiger partial charge on any atom is 0.337 e. The number of methoxy groups -OCH3 is 1. The summed E-state index contributed by atoms with van der Waals surface area (Å²) in [6.45, 7) is 8.92. The molecule has 2 fully saturated rings. The van der Waals surface area contributed by atoms with E-state index in [0.29, 0.717) is 5.56 Å².